The number of rotatable bonds is 6. The molecule has 2 aromatic carbocycles. The molecule has 0 aliphatic carbocycles. The Morgan fingerprint density at radius 3 is 2.14 bits per heavy atom. The summed E-state index contributed by atoms with van der Waals surface area (Å²) in [4.78, 5) is 12.2. The van der Waals surface area contributed by atoms with Crippen molar-refractivity contribution in [2.45, 2.75) is 31.2 Å². The number of hydrogen-bond acceptors (Lipinski definition) is 6. The molecule has 1 aromatic heterocycles. The van der Waals surface area contributed by atoms with Gasteiger partial charge in [0.15, 0.2) is 0 Å². The summed E-state index contributed by atoms with van der Waals surface area (Å²) in [6.45, 7) is 5.64. The molecule has 0 saturated carbocycles. The number of sulfonamides is 1. The molecule has 3 aromatic rings. The molecular weight excluding hydrogens is 396 g/mol. The van der Waals surface area contributed by atoms with E-state index in [1.165, 1.54) is 0 Å². The molecule has 1 heterocycles. The average Bonchev–Trinajstić information content (AvgIpc) is 3.12. The topological polar surface area (TPSA) is 101 Å². The molecular formula is C19H20N4O3S2. The van der Waals surface area contributed by atoms with Crippen LogP contribution in [0.25, 0.3) is 0 Å². The molecule has 0 aliphatic heterocycles. The van der Waals surface area contributed by atoms with E-state index >= 15 is 0 Å². The molecule has 0 aliphatic rings. The van der Waals surface area contributed by atoms with E-state index in [0.29, 0.717) is 5.56 Å². The third-order valence-corrected chi connectivity index (χ3v) is 6.83. The van der Waals surface area contributed by atoms with Crippen molar-refractivity contribution in [3.05, 3.63) is 70.8 Å². The fourth-order valence-corrected chi connectivity index (χ4v) is 4.59. The van der Waals surface area contributed by atoms with Crippen LogP contribution in [0.5, 0.6) is 0 Å². The largest absolute Gasteiger partial charge is 0.296 e. The number of hydrogen-bond donors (Lipinski definition) is 2. The summed E-state index contributed by atoms with van der Waals surface area (Å²) in [6, 6.07) is 14.2. The summed E-state index contributed by atoms with van der Waals surface area (Å²) < 4.78 is 27.5. The molecule has 146 valence electrons. The highest BCUT2D eigenvalue weighted by Crippen LogP contribution is 2.23. The molecule has 0 spiro atoms. The number of aromatic nitrogens is 2. The van der Waals surface area contributed by atoms with Gasteiger partial charge in [-0.3, -0.25) is 10.1 Å². The Morgan fingerprint density at radius 2 is 1.54 bits per heavy atom. The first kappa shape index (κ1) is 20.1. The number of carbonyl (C=O) groups is 1. The number of benzene rings is 2. The zero-order valence-electron chi connectivity index (χ0n) is 15.6. The van der Waals surface area contributed by atoms with Crippen LogP contribution in [0.2, 0.25) is 0 Å². The monoisotopic (exact) mass is 416 g/mol. The van der Waals surface area contributed by atoms with Gasteiger partial charge >= 0.3 is 0 Å². The molecule has 3 rings (SSSR count). The van der Waals surface area contributed by atoms with Crippen molar-refractivity contribution in [2.24, 2.45) is 0 Å². The number of nitrogens with zero attached hydrogens (tertiary/aromatic N) is 2. The van der Waals surface area contributed by atoms with Gasteiger partial charge in [-0.25, -0.2) is 13.1 Å². The van der Waals surface area contributed by atoms with Crippen molar-refractivity contribution in [3.63, 3.8) is 0 Å². The van der Waals surface area contributed by atoms with Gasteiger partial charge in [0.25, 0.3) is 15.9 Å². The molecule has 28 heavy (non-hydrogen) atoms. The van der Waals surface area contributed by atoms with E-state index in [0.717, 1.165) is 28.0 Å². The van der Waals surface area contributed by atoms with Crippen LogP contribution in [0.1, 0.15) is 40.0 Å². The Kier molecular flexibility index (Phi) is 5.87. The zero-order valence-corrected chi connectivity index (χ0v) is 17.3. The molecule has 0 fully saturated rings. The van der Waals surface area contributed by atoms with Crippen molar-refractivity contribution >= 4 is 32.4 Å². The van der Waals surface area contributed by atoms with Crippen LogP contribution in [0.3, 0.4) is 0 Å². The van der Waals surface area contributed by atoms with Crippen molar-refractivity contribution < 1.29 is 13.2 Å². The van der Waals surface area contributed by atoms with Gasteiger partial charge < -0.3 is 0 Å². The van der Waals surface area contributed by atoms with Crippen LogP contribution in [0, 0.1) is 13.8 Å². The Labute approximate surface area is 167 Å². The fourth-order valence-electron chi connectivity index (χ4n) is 2.45. The minimum absolute atomic E-state index is 0.119. The second-order valence-electron chi connectivity index (χ2n) is 6.45. The van der Waals surface area contributed by atoms with Gasteiger partial charge in [-0.2, -0.15) is 0 Å². The number of anilines is 1. The summed E-state index contributed by atoms with van der Waals surface area (Å²) in [5.41, 5.74) is 3.43. The molecule has 0 radical (unpaired) electrons. The maximum atomic E-state index is 12.6. The minimum atomic E-state index is -3.86. The Morgan fingerprint density at radius 1 is 0.964 bits per heavy atom. The lowest BCUT2D eigenvalue weighted by molar-refractivity contribution is 0.102. The summed E-state index contributed by atoms with van der Waals surface area (Å²) in [5.74, 6) is -0.374. The first-order valence-corrected chi connectivity index (χ1v) is 10.8. The van der Waals surface area contributed by atoms with E-state index in [9.17, 15) is 13.2 Å². The number of amides is 1. The van der Waals surface area contributed by atoms with E-state index < -0.39 is 16.1 Å². The highest BCUT2D eigenvalue weighted by Gasteiger charge is 2.23. The van der Waals surface area contributed by atoms with Crippen molar-refractivity contribution in [1.29, 1.82) is 0 Å². The van der Waals surface area contributed by atoms with Crippen LogP contribution in [-0.2, 0) is 10.0 Å². The lowest BCUT2D eigenvalue weighted by atomic mass is 10.1. The lowest BCUT2D eigenvalue weighted by Crippen LogP contribution is -2.26. The van der Waals surface area contributed by atoms with E-state index in [1.54, 1.807) is 19.1 Å². The van der Waals surface area contributed by atoms with Gasteiger partial charge in [0.2, 0.25) is 9.47 Å². The molecule has 2 N–H and O–H groups in total. The van der Waals surface area contributed by atoms with Gasteiger partial charge in [-0.1, -0.05) is 58.9 Å². The predicted molar refractivity (Wildman–Crippen MR) is 109 cm³/mol. The van der Waals surface area contributed by atoms with E-state index in [2.05, 4.69) is 20.2 Å². The first-order valence-electron chi connectivity index (χ1n) is 8.55. The fraction of sp³-hybridized carbons (Fsp3) is 0.211. The second kappa shape index (κ2) is 8.17. The van der Waals surface area contributed by atoms with Crippen LogP contribution >= 0.6 is 11.3 Å². The maximum Gasteiger partial charge on any atom is 0.270 e. The van der Waals surface area contributed by atoms with E-state index in [1.807, 2.05) is 50.2 Å². The summed E-state index contributed by atoms with van der Waals surface area (Å²) in [5, 5.41) is 10.2. The zero-order chi connectivity index (χ0) is 20.3. The molecule has 0 unspecified atom stereocenters. The second-order valence-corrected chi connectivity index (χ2v) is 9.31. The van der Waals surface area contributed by atoms with E-state index in [4.69, 9.17) is 0 Å². The van der Waals surface area contributed by atoms with Gasteiger partial charge in [0.1, 0.15) is 0 Å². The summed E-state index contributed by atoms with van der Waals surface area (Å²) >= 11 is 0.801. The standard InChI is InChI=1S/C19H20N4O3S2/c1-12-4-8-15(9-5-12)14(3)23-28(25,26)19-22-21-18(27-19)20-17(24)16-10-6-13(2)7-11-16/h4-11,14,23H,1-3H3,(H,20,21,24)/t14-/m1/s1. The molecule has 7 nitrogen and oxygen atoms in total. The van der Waals surface area contributed by atoms with Crippen LogP contribution in [0.15, 0.2) is 52.9 Å². The molecule has 9 heteroatoms. The van der Waals surface area contributed by atoms with Crippen LogP contribution < -0.4 is 10.0 Å². The Balaban J connectivity index is 1.70. The highest BCUT2D eigenvalue weighted by molar-refractivity contribution is 7.91. The van der Waals surface area contributed by atoms with Gasteiger partial charge in [-0.05, 0) is 38.5 Å². The Bertz CT molecular complexity index is 1080. The third kappa shape index (κ3) is 4.80. The first-order chi connectivity index (χ1) is 13.2. The smallest absolute Gasteiger partial charge is 0.270 e. The number of carbonyl (C=O) groups excluding carboxylic acids is 1. The minimum Gasteiger partial charge on any atom is -0.296 e. The van der Waals surface area contributed by atoms with E-state index in [-0.39, 0.29) is 15.4 Å². The highest BCUT2D eigenvalue weighted by atomic mass is 32.2. The number of aryl methyl sites for hydroxylation is 2. The molecule has 0 saturated heterocycles. The van der Waals surface area contributed by atoms with Gasteiger partial charge in [0, 0.05) is 11.6 Å². The van der Waals surface area contributed by atoms with Gasteiger partial charge in [0.05, 0.1) is 0 Å². The van der Waals surface area contributed by atoms with Crippen molar-refractivity contribution in [2.75, 3.05) is 5.32 Å². The van der Waals surface area contributed by atoms with Crippen LogP contribution in [-0.4, -0.2) is 24.5 Å². The van der Waals surface area contributed by atoms with Crippen molar-refractivity contribution in [1.82, 2.24) is 14.9 Å². The van der Waals surface area contributed by atoms with Crippen molar-refractivity contribution in [3.8, 4) is 0 Å². The summed E-state index contributed by atoms with van der Waals surface area (Å²) in [7, 11) is -3.86. The lowest BCUT2D eigenvalue weighted by Gasteiger charge is -2.13. The maximum absolute atomic E-state index is 12.6. The average molecular weight is 417 g/mol. The quantitative estimate of drug-likeness (QED) is 0.600. The molecule has 1 atom stereocenters. The normalized spacial score (nSPS) is 12.5. The number of nitrogens with one attached hydrogen (secondary N) is 2. The molecule has 1 amide bonds. The SMILES string of the molecule is Cc1ccc(C(=O)Nc2nnc(S(=O)(=O)N[C@H](C)c3ccc(C)cc3)s2)cc1. The third-order valence-electron chi connectivity index (χ3n) is 4.08. The van der Waals surface area contributed by atoms with Gasteiger partial charge in [-0.15, -0.1) is 10.2 Å². The predicted octanol–water partition coefficient (Wildman–Crippen LogP) is 3.45. The Hall–Kier alpha value is -2.62. The molecule has 0 bridgehead atoms. The van der Waals surface area contributed by atoms with Crippen LogP contribution in [0.4, 0.5) is 5.13 Å². The summed E-state index contributed by atoms with van der Waals surface area (Å²) in [6.07, 6.45) is 0.